The van der Waals surface area contributed by atoms with Crippen LogP contribution in [0.1, 0.15) is 31.0 Å². The van der Waals surface area contributed by atoms with Crippen molar-refractivity contribution in [2.45, 2.75) is 39.3 Å². The quantitative estimate of drug-likeness (QED) is 0.916. The molecule has 1 fully saturated rings. The first kappa shape index (κ1) is 14.0. The highest BCUT2D eigenvalue weighted by Gasteiger charge is 2.22. The standard InChI is InChI=1S/C15H21N5O/c1-11-7-14-17-9-13(10-20(14)18-11)8-16-12(2)15(21)19-5-3-4-6-19/h7,9-10,12,16H,3-6,8H2,1-2H3. The zero-order chi connectivity index (χ0) is 14.8. The Morgan fingerprint density at radius 2 is 2.19 bits per heavy atom. The average molecular weight is 287 g/mol. The van der Waals surface area contributed by atoms with Crippen molar-refractivity contribution in [3.63, 3.8) is 0 Å². The third-order valence-corrected chi connectivity index (χ3v) is 3.89. The van der Waals surface area contributed by atoms with Gasteiger partial charge < -0.3 is 10.2 Å². The Labute approximate surface area is 124 Å². The first-order chi connectivity index (χ1) is 10.1. The summed E-state index contributed by atoms with van der Waals surface area (Å²) in [6, 6.07) is 1.77. The van der Waals surface area contributed by atoms with E-state index in [0.717, 1.165) is 42.8 Å². The van der Waals surface area contributed by atoms with E-state index in [1.807, 2.05) is 37.2 Å². The lowest BCUT2D eigenvalue weighted by molar-refractivity contribution is -0.131. The summed E-state index contributed by atoms with van der Waals surface area (Å²) in [6.07, 6.45) is 6.03. The molecule has 0 saturated carbocycles. The molecule has 0 bridgehead atoms. The van der Waals surface area contributed by atoms with Crippen molar-refractivity contribution in [1.82, 2.24) is 24.8 Å². The van der Waals surface area contributed by atoms with Crippen molar-refractivity contribution in [1.29, 1.82) is 0 Å². The summed E-state index contributed by atoms with van der Waals surface area (Å²) < 4.78 is 1.78. The molecule has 2 aromatic heterocycles. The average Bonchev–Trinajstić information content (AvgIpc) is 3.11. The van der Waals surface area contributed by atoms with Gasteiger partial charge in [-0.25, -0.2) is 9.50 Å². The Balaban J connectivity index is 1.61. The number of nitrogens with zero attached hydrogens (tertiary/aromatic N) is 4. The number of fused-ring (bicyclic) bond motifs is 1. The number of rotatable bonds is 4. The van der Waals surface area contributed by atoms with Gasteiger partial charge in [0.25, 0.3) is 0 Å². The van der Waals surface area contributed by atoms with Crippen LogP contribution in [0.4, 0.5) is 0 Å². The largest absolute Gasteiger partial charge is 0.341 e. The lowest BCUT2D eigenvalue weighted by Crippen LogP contribution is -2.43. The predicted molar refractivity (Wildman–Crippen MR) is 79.8 cm³/mol. The van der Waals surface area contributed by atoms with E-state index in [1.54, 1.807) is 4.52 Å². The van der Waals surface area contributed by atoms with E-state index >= 15 is 0 Å². The van der Waals surface area contributed by atoms with Crippen molar-refractivity contribution < 1.29 is 4.79 Å². The fourth-order valence-electron chi connectivity index (χ4n) is 2.69. The van der Waals surface area contributed by atoms with Crippen LogP contribution in [-0.4, -0.2) is 44.5 Å². The van der Waals surface area contributed by atoms with Crippen LogP contribution < -0.4 is 5.32 Å². The van der Waals surface area contributed by atoms with Gasteiger partial charge in [-0.3, -0.25) is 4.79 Å². The fraction of sp³-hybridized carbons (Fsp3) is 0.533. The molecule has 0 radical (unpaired) electrons. The summed E-state index contributed by atoms with van der Waals surface area (Å²) in [4.78, 5) is 18.5. The number of hydrogen-bond donors (Lipinski definition) is 1. The molecule has 6 nitrogen and oxygen atoms in total. The maximum atomic E-state index is 12.2. The molecule has 0 aliphatic carbocycles. The maximum absolute atomic E-state index is 12.2. The molecule has 3 rings (SSSR count). The Bertz CT molecular complexity index is 645. The summed E-state index contributed by atoms with van der Waals surface area (Å²) in [7, 11) is 0. The van der Waals surface area contributed by atoms with Gasteiger partial charge in [0.2, 0.25) is 5.91 Å². The number of aryl methyl sites for hydroxylation is 1. The number of carbonyl (C=O) groups excluding carboxylic acids is 1. The Morgan fingerprint density at radius 1 is 1.43 bits per heavy atom. The van der Waals surface area contributed by atoms with Crippen molar-refractivity contribution in [3.05, 3.63) is 29.7 Å². The van der Waals surface area contributed by atoms with Crippen LogP contribution in [0.25, 0.3) is 5.65 Å². The second-order valence-electron chi connectivity index (χ2n) is 5.69. The molecular formula is C15H21N5O. The Hall–Kier alpha value is -1.95. The van der Waals surface area contributed by atoms with Gasteiger partial charge in [0, 0.05) is 43.7 Å². The van der Waals surface area contributed by atoms with Crippen LogP contribution in [-0.2, 0) is 11.3 Å². The van der Waals surface area contributed by atoms with Crippen LogP contribution >= 0.6 is 0 Å². The van der Waals surface area contributed by atoms with Crippen LogP contribution in [0.15, 0.2) is 18.5 Å². The second kappa shape index (κ2) is 5.81. The number of nitrogens with one attached hydrogen (secondary N) is 1. The summed E-state index contributed by atoms with van der Waals surface area (Å²) >= 11 is 0. The molecule has 1 N–H and O–H groups in total. The monoisotopic (exact) mass is 287 g/mol. The number of carbonyl (C=O) groups is 1. The molecule has 2 aromatic rings. The van der Waals surface area contributed by atoms with Crippen LogP contribution in [0.3, 0.4) is 0 Å². The molecule has 1 saturated heterocycles. The number of hydrogen-bond acceptors (Lipinski definition) is 4. The van der Waals surface area contributed by atoms with E-state index < -0.39 is 0 Å². The molecule has 112 valence electrons. The molecule has 21 heavy (non-hydrogen) atoms. The zero-order valence-corrected chi connectivity index (χ0v) is 12.5. The van der Waals surface area contributed by atoms with Crippen molar-refractivity contribution in [2.75, 3.05) is 13.1 Å². The van der Waals surface area contributed by atoms with Gasteiger partial charge in [0.1, 0.15) is 0 Å². The lowest BCUT2D eigenvalue weighted by atomic mass is 10.2. The van der Waals surface area contributed by atoms with Crippen molar-refractivity contribution in [3.8, 4) is 0 Å². The van der Waals surface area contributed by atoms with Crippen LogP contribution in [0.5, 0.6) is 0 Å². The maximum Gasteiger partial charge on any atom is 0.239 e. The van der Waals surface area contributed by atoms with Gasteiger partial charge >= 0.3 is 0 Å². The highest BCUT2D eigenvalue weighted by Crippen LogP contribution is 2.09. The van der Waals surface area contributed by atoms with E-state index in [1.165, 1.54) is 0 Å². The minimum absolute atomic E-state index is 0.168. The summed E-state index contributed by atoms with van der Waals surface area (Å²) in [5.74, 6) is 0.191. The third-order valence-electron chi connectivity index (χ3n) is 3.89. The van der Waals surface area contributed by atoms with E-state index in [4.69, 9.17) is 0 Å². The molecule has 6 heteroatoms. The van der Waals surface area contributed by atoms with Gasteiger partial charge in [0.05, 0.1) is 11.7 Å². The van der Waals surface area contributed by atoms with Gasteiger partial charge in [-0.15, -0.1) is 0 Å². The Kier molecular flexibility index (Phi) is 3.88. The highest BCUT2D eigenvalue weighted by atomic mass is 16.2. The van der Waals surface area contributed by atoms with Crippen LogP contribution in [0, 0.1) is 6.92 Å². The third kappa shape index (κ3) is 3.05. The molecule has 0 spiro atoms. The van der Waals surface area contributed by atoms with E-state index in [0.29, 0.717) is 6.54 Å². The normalized spacial score (nSPS) is 16.6. The summed E-state index contributed by atoms with van der Waals surface area (Å²) in [6.45, 7) is 6.27. The number of amides is 1. The summed E-state index contributed by atoms with van der Waals surface area (Å²) in [5, 5.41) is 7.63. The lowest BCUT2D eigenvalue weighted by Gasteiger charge is -2.21. The highest BCUT2D eigenvalue weighted by molar-refractivity contribution is 5.81. The minimum Gasteiger partial charge on any atom is -0.341 e. The summed E-state index contributed by atoms with van der Waals surface area (Å²) in [5.41, 5.74) is 2.81. The first-order valence-electron chi connectivity index (χ1n) is 7.46. The SMILES string of the molecule is Cc1cc2ncc(CNC(C)C(=O)N3CCCC3)cn2n1. The first-order valence-corrected chi connectivity index (χ1v) is 7.46. The van der Waals surface area contributed by atoms with Crippen LogP contribution in [0.2, 0.25) is 0 Å². The molecule has 1 amide bonds. The molecule has 0 aromatic carbocycles. The predicted octanol–water partition coefficient (Wildman–Crippen LogP) is 1.14. The van der Waals surface area contributed by atoms with Crippen molar-refractivity contribution in [2.24, 2.45) is 0 Å². The van der Waals surface area contributed by atoms with Gasteiger partial charge in [0.15, 0.2) is 5.65 Å². The fourth-order valence-corrected chi connectivity index (χ4v) is 2.69. The van der Waals surface area contributed by atoms with E-state index in [2.05, 4.69) is 15.4 Å². The molecule has 1 atom stereocenters. The van der Waals surface area contributed by atoms with Gasteiger partial charge in [-0.05, 0) is 26.7 Å². The molecule has 1 unspecified atom stereocenters. The minimum atomic E-state index is -0.168. The van der Waals surface area contributed by atoms with Crippen molar-refractivity contribution >= 4 is 11.6 Å². The Morgan fingerprint density at radius 3 is 2.95 bits per heavy atom. The molecule has 3 heterocycles. The number of aromatic nitrogens is 3. The molecule has 1 aliphatic rings. The smallest absolute Gasteiger partial charge is 0.239 e. The van der Waals surface area contributed by atoms with E-state index in [-0.39, 0.29) is 11.9 Å². The van der Waals surface area contributed by atoms with Gasteiger partial charge in [-0.1, -0.05) is 0 Å². The van der Waals surface area contributed by atoms with Gasteiger partial charge in [-0.2, -0.15) is 5.10 Å². The number of likely N-dealkylation sites (tertiary alicyclic amines) is 1. The molecular weight excluding hydrogens is 266 g/mol. The van der Waals surface area contributed by atoms with E-state index in [9.17, 15) is 4.79 Å². The zero-order valence-electron chi connectivity index (χ0n) is 12.5. The second-order valence-corrected chi connectivity index (χ2v) is 5.69. The molecule has 1 aliphatic heterocycles. The topological polar surface area (TPSA) is 62.5 Å².